The number of hydrogen-bond acceptors (Lipinski definition) is 4. The zero-order valence-electron chi connectivity index (χ0n) is 11.0. The van der Waals surface area contributed by atoms with Gasteiger partial charge >= 0.3 is 11.9 Å². The van der Waals surface area contributed by atoms with E-state index in [1.165, 1.54) is 26.2 Å². The summed E-state index contributed by atoms with van der Waals surface area (Å²) in [5, 5.41) is 20.0. The van der Waals surface area contributed by atoms with Gasteiger partial charge in [0.1, 0.15) is 11.8 Å². The van der Waals surface area contributed by atoms with Gasteiger partial charge in [-0.3, -0.25) is 9.59 Å². The lowest BCUT2D eigenvalue weighted by Crippen LogP contribution is -2.47. The number of carbonyl (C=O) groups excluding carboxylic acids is 1. The Hall–Kier alpha value is -2.57. The molecule has 108 valence electrons. The van der Waals surface area contributed by atoms with Gasteiger partial charge in [0.2, 0.25) is 0 Å². The fraction of sp³-hybridized carbons (Fsp3) is 0.308. The molecule has 1 amide bonds. The Kier molecular flexibility index (Phi) is 5.08. The zero-order chi connectivity index (χ0) is 15.3. The second kappa shape index (κ2) is 6.55. The highest BCUT2D eigenvalue weighted by atomic mass is 16.5. The maximum Gasteiger partial charge on any atom is 0.327 e. The monoisotopic (exact) mass is 281 g/mol. The van der Waals surface area contributed by atoms with Crippen molar-refractivity contribution in [2.75, 3.05) is 7.11 Å². The van der Waals surface area contributed by atoms with E-state index < -0.39 is 29.8 Å². The van der Waals surface area contributed by atoms with Crippen molar-refractivity contribution in [1.82, 2.24) is 5.32 Å². The summed E-state index contributed by atoms with van der Waals surface area (Å²) in [5.74, 6) is -4.05. The maximum atomic E-state index is 11.9. The number of aliphatic carboxylic acids is 2. The molecule has 7 heteroatoms. The van der Waals surface area contributed by atoms with E-state index in [2.05, 4.69) is 5.32 Å². The number of methoxy groups -OCH3 is 1. The summed E-state index contributed by atoms with van der Waals surface area (Å²) in [6.45, 7) is 1.22. The Morgan fingerprint density at radius 1 is 1.10 bits per heavy atom. The quantitative estimate of drug-likeness (QED) is 0.703. The molecule has 0 aromatic heterocycles. The van der Waals surface area contributed by atoms with Gasteiger partial charge in [-0.15, -0.1) is 0 Å². The number of ether oxygens (including phenoxy) is 1. The third kappa shape index (κ3) is 3.71. The SMILES string of the molecule is COc1ccc(C(=O)N[C@H](C(=O)O)C(C)C(=O)O)cc1. The van der Waals surface area contributed by atoms with Crippen molar-refractivity contribution in [3.05, 3.63) is 29.8 Å². The molecule has 1 aromatic rings. The van der Waals surface area contributed by atoms with Crippen LogP contribution in [0.15, 0.2) is 24.3 Å². The van der Waals surface area contributed by atoms with Gasteiger partial charge in [0.25, 0.3) is 5.91 Å². The zero-order valence-corrected chi connectivity index (χ0v) is 11.0. The minimum absolute atomic E-state index is 0.217. The van der Waals surface area contributed by atoms with Crippen molar-refractivity contribution in [1.29, 1.82) is 0 Å². The first kappa shape index (κ1) is 15.5. The normalized spacial score (nSPS) is 13.1. The molecule has 1 rings (SSSR count). The van der Waals surface area contributed by atoms with Crippen LogP contribution < -0.4 is 10.1 Å². The van der Waals surface area contributed by atoms with Gasteiger partial charge in [-0.1, -0.05) is 0 Å². The maximum absolute atomic E-state index is 11.9. The summed E-state index contributed by atoms with van der Waals surface area (Å²) in [6.07, 6.45) is 0. The third-order valence-electron chi connectivity index (χ3n) is 2.79. The lowest BCUT2D eigenvalue weighted by Gasteiger charge is -2.18. The van der Waals surface area contributed by atoms with Crippen LogP contribution in [0.25, 0.3) is 0 Å². The molecular weight excluding hydrogens is 266 g/mol. The Morgan fingerprint density at radius 3 is 2.05 bits per heavy atom. The van der Waals surface area contributed by atoms with Gasteiger partial charge in [-0.05, 0) is 31.2 Å². The smallest absolute Gasteiger partial charge is 0.327 e. The molecule has 7 nitrogen and oxygen atoms in total. The highest BCUT2D eigenvalue weighted by Gasteiger charge is 2.31. The summed E-state index contributed by atoms with van der Waals surface area (Å²) < 4.78 is 4.93. The minimum atomic E-state index is -1.50. The molecule has 0 saturated heterocycles. The molecule has 20 heavy (non-hydrogen) atoms. The van der Waals surface area contributed by atoms with Crippen LogP contribution in [0.5, 0.6) is 5.75 Å². The van der Waals surface area contributed by atoms with Crippen LogP contribution in [-0.4, -0.2) is 41.2 Å². The Bertz CT molecular complexity index is 510. The molecule has 0 bridgehead atoms. The van der Waals surface area contributed by atoms with Gasteiger partial charge < -0.3 is 20.3 Å². The van der Waals surface area contributed by atoms with E-state index in [0.29, 0.717) is 5.75 Å². The van der Waals surface area contributed by atoms with Crippen LogP contribution in [0.2, 0.25) is 0 Å². The third-order valence-corrected chi connectivity index (χ3v) is 2.79. The number of hydrogen-bond donors (Lipinski definition) is 3. The summed E-state index contributed by atoms with van der Waals surface area (Å²) >= 11 is 0. The Balaban J connectivity index is 2.85. The number of benzene rings is 1. The van der Waals surface area contributed by atoms with Crippen LogP contribution in [-0.2, 0) is 9.59 Å². The molecule has 2 atom stereocenters. The second-order valence-corrected chi connectivity index (χ2v) is 4.14. The molecule has 1 aromatic carbocycles. The predicted octanol–water partition coefficient (Wildman–Crippen LogP) is 0.599. The standard InChI is InChI=1S/C13H15NO6/c1-7(12(16)17)10(13(18)19)14-11(15)8-3-5-9(20-2)6-4-8/h3-7,10H,1-2H3,(H,14,15)(H,16,17)(H,18,19)/t7?,10-/m0/s1. The van der Waals surface area contributed by atoms with Crippen molar-refractivity contribution in [3.63, 3.8) is 0 Å². The van der Waals surface area contributed by atoms with Gasteiger partial charge in [0, 0.05) is 5.56 Å². The molecule has 0 fully saturated rings. The van der Waals surface area contributed by atoms with E-state index in [0.717, 1.165) is 0 Å². The number of rotatable bonds is 6. The Labute approximate surface area is 115 Å². The molecule has 0 heterocycles. The highest BCUT2D eigenvalue weighted by molar-refractivity contribution is 5.97. The lowest BCUT2D eigenvalue weighted by molar-refractivity contribution is -0.149. The molecule has 3 N–H and O–H groups in total. The molecule has 0 spiro atoms. The van der Waals surface area contributed by atoms with Gasteiger partial charge in [-0.2, -0.15) is 0 Å². The number of amides is 1. The lowest BCUT2D eigenvalue weighted by atomic mass is 10.0. The molecule has 0 aliphatic heterocycles. The van der Waals surface area contributed by atoms with Crippen molar-refractivity contribution in [2.45, 2.75) is 13.0 Å². The second-order valence-electron chi connectivity index (χ2n) is 4.14. The van der Waals surface area contributed by atoms with Crippen LogP contribution in [0.3, 0.4) is 0 Å². The van der Waals surface area contributed by atoms with Crippen LogP contribution in [0.4, 0.5) is 0 Å². The molecule has 0 aliphatic carbocycles. The molecule has 0 saturated carbocycles. The molecule has 0 radical (unpaired) electrons. The summed E-state index contributed by atoms with van der Waals surface area (Å²) in [6, 6.07) is 4.51. The van der Waals surface area contributed by atoms with Crippen molar-refractivity contribution >= 4 is 17.8 Å². The van der Waals surface area contributed by atoms with E-state index >= 15 is 0 Å². The number of nitrogens with one attached hydrogen (secondary N) is 1. The first-order chi connectivity index (χ1) is 9.36. The summed E-state index contributed by atoms with van der Waals surface area (Å²) in [4.78, 5) is 33.7. The van der Waals surface area contributed by atoms with E-state index in [1.807, 2.05) is 0 Å². The fourth-order valence-corrected chi connectivity index (χ4v) is 1.51. The summed E-state index contributed by atoms with van der Waals surface area (Å²) in [5.41, 5.74) is 0.217. The predicted molar refractivity (Wildman–Crippen MR) is 68.7 cm³/mol. The van der Waals surface area contributed by atoms with E-state index in [1.54, 1.807) is 12.1 Å². The largest absolute Gasteiger partial charge is 0.497 e. The van der Waals surface area contributed by atoms with Crippen LogP contribution >= 0.6 is 0 Å². The van der Waals surface area contributed by atoms with E-state index in [4.69, 9.17) is 14.9 Å². The van der Waals surface area contributed by atoms with Crippen LogP contribution in [0.1, 0.15) is 17.3 Å². The van der Waals surface area contributed by atoms with Gasteiger partial charge in [0.05, 0.1) is 13.0 Å². The van der Waals surface area contributed by atoms with Crippen molar-refractivity contribution < 1.29 is 29.3 Å². The fourth-order valence-electron chi connectivity index (χ4n) is 1.51. The molecular formula is C13H15NO6. The Morgan fingerprint density at radius 2 is 1.65 bits per heavy atom. The first-order valence-electron chi connectivity index (χ1n) is 5.77. The topological polar surface area (TPSA) is 113 Å². The number of carboxylic acid groups (broad SMARTS) is 2. The highest BCUT2D eigenvalue weighted by Crippen LogP contribution is 2.12. The van der Waals surface area contributed by atoms with Gasteiger partial charge in [-0.25, -0.2) is 4.79 Å². The average Bonchev–Trinajstić information content (AvgIpc) is 2.43. The van der Waals surface area contributed by atoms with Crippen molar-refractivity contribution in [2.24, 2.45) is 5.92 Å². The first-order valence-corrected chi connectivity index (χ1v) is 5.77. The van der Waals surface area contributed by atoms with E-state index in [-0.39, 0.29) is 5.56 Å². The van der Waals surface area contributed by atoms with Gasteiger partial charge in [0.15, 0.2) is 0 Å². The summed E-state index contributed by atoms with van der Waals surface area (Å²) in [7, 11) is 1.48. The number of carbonyl (C=O) groups is 3. The van der Waals surface area contributed by atoms with Crippen molar-refractivity contribution in [3.8, 4) is 5.75 Å². The molecule has 1 unspecified atom stereocenters. The molecule has 0 aliphatic rings. The number of carboxylic acids is 2. The minimum Gasteiger partial charge on any atom is -0.497 e. The van der Waals surface area contributed by atoms with Crippen LogP contribution in [0, 0.1) is 5.92 Å². The van der Waals surface area contributed by atoms with E-state index in [9.17, 15) is 14.4 Å². The average molecular weight is 281 g/mol.